The standard InChI is InChI=1S/C17H17ClN4O3S/c1-12-4-5-13(18)9-16(12)26(23,24)22-8-2-3-14(11-22)25-17-15(10-19)20-6-7-21-17/h4-7,9,14H,2-3,8,11H2,1H3. The van der Waals surface area contributed by atoms with E-state index in [-0.39, 0.29) is 23.0 Å². The first kappa shape index (κ1) is 18.6. The van der Waals surface area contributed by atoms with Gasteiger partial charge in [0, 0.05) is 24.0 Å². The van der Waals surface area contributed by atoms with Crippen LogP contribution in [0.1, 0.15) is 24.1 Å². The van der Waals surface area contributed by atoms with Gasteiger partial charge in [0.15, 0.2) is 0 Å². The summed E-state index contributed by atoms with van der Waals surface area (Å²) in [5, 5.41) is 9.46. The lowest BCUT2D eigenvalue weighted by Crippen LogP contribution is -2.44. The lowest BCUT2D eigenvalue weighted by atomic mass is 10.1. The first-order chi connectivity index (χ1) is 12.4. The summed E-state index contributed by atoms with van der Waals surface area (Å²) in [4.78, 5) is 8.12. The van der Waals surface area contributed by atoms with Gasteiger partial charge in [-0.05, 0) is 37.5 Å². The zero-order valence-electron chi connectivity index (χ0n) is 14.1. The highest BCUT2D eigenvalue weighted by molar-refractivity contribution is 7.89. The molecule has 1 aliphatic heterocycles. The minimum atomic E-state index is -3.69. The zero-order chi connectivity index (χ0) is 18.7. The summed E-state index contributed by atoms with van der Waals surface area (Å²) in [6, 6.07) is 6.74. The molecule has 2 aromatic rings. The van der Waals surface area contributed by atoms with E-state index in [1.54, 1.807) is 19.1 Å². The predicted molar refractivity (Wildman–Crippen MR) is 95.3 cm³/mol. The molecule has 1 aromatic carbocycles. The maximum Gasteiger partial charge on any atom is 0.251 e. The summed E-state index contributed by atoms with van der Waals surface area (Å²) in [6.45, 7) is 2.31. The van der Waals surface area contributed by atoms with Gasteiger partial charge in [-0.25, -0.2) is 18.4 Å². The summed E-state index contributed by atoms with van der Waals surface area (Å²) in [6.07, 6.45) is 3.75. The van der Waals surface area contributed by atoms with Crippen molar-refractivity contribution < 1.29 is 13.2 Å². The molecule has 136 valence electrons. The van der Waals surface area contributed by atoms with E-state index in [4.69, 9.17) is 21.6 Å². The van der Waals surface area contributed by atoms with Gasteiger partial charge in [-0.3, -0.25) is 0 Å². The zero-order valence-corrected chi connectivity index (χ0v) is 15.7. The highest BCUT2D eigenvalue weighted by Crippen LogP contribution is 2.27. The van der Waals surface area contributed by atoms with Crippen LogP contribution >= 0.6 is 11.6 Å². The lowest BCUT2D eigenvalue weighted by molar-refractivity contribution is 0.124. The molecule has 1 saturated heterocycles. The monoisotopic (exact) mass is 392 g/mol. The molecule has 2 heterocycles. The van der Waals surface area contributed by atoms with Crippen LogP contribution in [-0.4, -0.2) is 41.9 Å². The first-order valence-corrected chi connectivity index (χ1v) is 9.87. The minimum absolute atomic E-state index is 0.0816. The minimum Gasteiger partial charge on any atom is -0.471 e. The Morgan fingerprint density at radius 1 is 1.35 bits per heavy atom. The Labute approximate surface area is 157 Å². The average molecular weight is 393 g/mol. The highest BCUT2D eigenvalue weighted by atomic mass is 35.5. The van der Waals surface area contributed by atoms with Crippen molar-refractivity contribution in [1.82, 2.24) is 14.3 Å². The van der Waals surface area contributed by atoms with Crippen molar-refractivity contribution in [2.24, 2.45) is 0 Å². The van der Waals surface area contributed by atoms with E-state index in [1.165, 1.54) is 22.8 Å². The molecule has 0 radical (unpaired) electrons. The summed E-state index contributed by atoms with van der Waals surface area (Å²) < 4.78 is 33.2. The van der Waals surface area contributed by atoms with E-state index in [0.717, 1.165) is 0 Å². The topological polar surface area (TPSA) is 96.2 Å². The number of ether oxygens (including phenoxy) is 1. The summed E-state index contributed by atoms with van der Waals surface area (Å²) >= 11 is 5.98. The van der Waals surface area contributed by atoms with Crippen LogP contribution in [0.15, 0.2) is 35.5 Å². The normalized spacial score (nSPS) is 18.3. The molecule has 1 atom stereocenters. The Morgan fingerprint density at radius 2 is 2.12 bits per heavy atom. The van der Waals surface area contributed by atoms with Crippen LogP contribution < -0.4 is 4.74 Å². The summed E-state index contributed by atoms with van der Waals surface area (Å²) in [5.41, 5.74) is 0.719. The van der Waals surface area contributed by atoms with E-state index in [0.29, 0.717) is 30.0 Å². The van der Waals surface area contributed by atoms with Crippen LogP contribution in [0.25, 0.3) is 0 Å². The molecule has 1 aliphatic rings. The average Bonchev–Trinajstić information content (AvgIpc) is 2.64. The van der Waals surface area contributed by atoms with Crippen LogP contribution in [0.2, 0.25) is 5.02 Å². The first-order valence-electron chi connectivity index (χ1n) is 8.06. The van der Waals surface area contributed by atoms with Gasteiger partial charge in [-0.2, -0.15) is 9.57 Å². The van der Waals surface area contributed by atoms with Gasteiger partial charge < -0.3 is 4.74 Å². The van der Waals surface area contributed by atoms with Crippen LogP contribution in [0.5, 0.6) is 5.88 Å². The smallest absolute Gasteiger partial charge is 0.251 e. The molecule has 0 amide bonds. The fourth-order valence-corrected chi connectivity index (χ4v) is 4.85. The van der Waals surface area contributed by atoms with Gasteiger partial charge in [0.05, 0.1) is 11.4 Å². The third-order valence-electron chi connectivity index (χ3n) is 4.16. The molecule has 0 bridgehead atoms. The number of hydrogen-bond donors (Lipinski definition) is 0. The molecule has 1 fully saturated rings. The maximum absolute atomic E-state index is 13.0. The van der Waals surface area contributed by atoms with Gasteiger partial charge in [0.25, 0.3) is 5.88 Å². The second-order valence-corrected chi connectivity index (χ2v) is 8.32. The number of aromatic nitrogens is 2. The molecule has 1 aromatic heterocycles. The molecule has 0 spiro atoms. The van der Waals surface area contributed by atoms with Gasteiger partial charge >= 0.3 is 0 Å². The second kappa shape index (κ2) is 7.58. The van der Waals surface area contributed by atoms with Crippen molar-refractivity contribution in [1.29, 1.82) is 5.26 Å². The Bertz CT molecular complexity index is 959. The molecule has 26 heavy (non-hydrogen) atoms. The third-order valence-corrected chi connectivity index (χ3v) is 6.40. The Kier molecular flexibility index (Phi) is 5.41. The van der Waals surface area contributed by atoms with Crippen LogP contribution in [-0.2, 0) is 10.0 Å². The van der Waals surface area contributed by atoms with E-state index in [2.05, 4.69) is 9.97 Å². The Morgan fingerprint density at radius 3 is 2.88 bits per heavy atom. The number of sulfonamides is 1. The highest BCUT2D eigenvalue weighted by Gasteiger charge is 2.32. The molecule has 0 aliphatic carbocycles. The van der Waals surface area contributed by atoms with Gasteiger partial charge in [0.1, 0.15) is 12.2 Å². The van der Waals surface area contributed by atoms with Crippen molar-refractivity contribution in [3.63, 3.8) is 0 Å². The van der Waals surface area contributed by atoms with Crippen molar-refractivity contribution in [3.8, 4) is 11.9 Å². The largest absolute Gasteiger partial charge is 0.471 e. The van der Waals surface area contributed by atoms with Gasteiger partial charge in [-0.1, -0.05) is 17.7 Å². The molecular formula is C17H17ClN4O3S. The molecule has 3 rings (SSSR count). The predicted octanol–water partition coefficient (Wildman–Crippen LogP) is 2.54. The Balaban J connectivity index is 1.82. The summed E-state index contributed by atoms with van der Waals surface area (Å²) in [7, 11) is -3.69. The van der Waals surface area contributed by atoms with E-state index >= 15 is 0 Å². The summed E-state index contributed by atoms with van der Waals surface area (Å²) in [5.74, 6) is 0.123. The van der Waals surface area contributed by atoms with Crippen molar-refractivity contribution in [2.75, 3.05) is 13.1 Å². The number of benzene rings is 1. The van der Waals surface area contributed by atoms with E-state index < -0.39 is 16.1 Å². The fraction of sp³-hybridized carbons (Fsp3) is 0.353. The number of nitriles is 1. The molecule has 0 saturated carbocycles. The van der Waals surface area contributed by atoms with Gasteiger partial charge in [0.2, 0.25) is 15.7 Å². The SMILES string of the molecule is Cc1ccc(Cl)cc1S(=O)(=O)N1CCCC(Oc2nccnc2C#N)C1. The number of aryl methyl sites for hydroxylation is 1. The number of piperidine rings is 1. The molecule has 9 heteroatoms. The van der Waals surface area contributed by atoms with Crippen LogP contribution in [0.3, 0.4) is 0 Å². The number of rotatable bonds is 4. The van der Waals surface area contributed by atoms with E-state index in [1.807, 2.05) is 6.07 Å². The molecular weight excluding hydrogens is 376 g/mol. The lowest BCUT2D eigenvalue weighted by Gasteiger charge is -2.32. The number of halogens is 1. The van der Waals surface area contributed by atoms with Crippen LogP contribution in [0, 0.1) is 18.3 Å². The number of hydrogen-bond acceptors (Lipinski definition) is 6. The molecule has 0 N–H and O–H groups in total. The fourth-order valence-electron chi connectivity index (χ4n) is 2.86. The van der Waals surface area contributed by atoms with Crippen LogP contribution in [0.4, 0.5) is 0 Å². The maximum atomic E-state index is 13.0. The molecule has 7 nitrogen and oxygen atoms in total. The van der Waals surface area contributed by atoms with Crippen molar-refractivity contribution in [2.45, 2.75) is 30.8 Å². The Hall–Kier alpha value is -2.21. The third kappa shape index (κ3) is 3.80. The van der Waals surface area contributed by atoms with Crippen molar-refractivity contribution in [3.05, 3.63) is 46.9 Å². The number of nitrogens with zero attached hydrogens (tertiary/aromatic N) is 4. The van der Waals surface area contributed by atoms with Gasteiger partial charge in [-0.15, -0.1) is 0 Å². The quantitative estimate of drug-likeness (QED) is 0.793. The van der Waals surface area contributed by atoms with Crippen molar-refractivity contribution >= 4 is 21.6 Å². The molecule has 1 unspecified atom stereocenters. The van der Waals surface area contributed by atoms with E-state index in [9.17, 15) is 8.42 Å². The second-order valence-electron chi connectivity index (χ2n) is 5.98.